The molecule has 1 aromatic rings. The maximum Gasteiger partial charge on any atom is 0.306 e. The van der Waals surface area contributed by atoms with Gasteiger partial charge in [0.15, 0.2) is 0 Å². The largest absolute Gasteiger partial charge is 0.481 e. The van der Waals surface area contributed by atoms with E-state index in [4.69, 9.17) is 22.0 Å². The normalized spacial score (nSPS) is 22.4. The van der Waals surface area contributed by atoms with Crippen LogP contribution in [0.3, 0.4) is 0 Å². The Hall–Kier alpha value is -1.73. The second-order valence-corrected chi connectivity index (χ2v) is 4.90. The van der Waals surface area contributed by atoms with Gasteiger partial charge in [0.25, 0.3) is 0 Å². The van der Waals surface area contributed by atoms with Crippen LogP contribution in [-0.4, -0.2) is 17.1 Å². The molecular weight excluding hydrogens is 252 g/mol. The van der Waals surface area contributed by atoms with Crippen molar-refractivity contribution < 1.29 is 9.90 Å². The van der Waals surface area contributed by atoms with Gasteiger partial charge in [-0.2, -0.15) is 5.26 Å². The van der Waals surface area contributed by atoms with Crippen molar-refractivity contribution in [2.45, 2.75) is 25.3 Å². The van der Waals surface area contributed by atoms with E-state index >= 15 is 0 Å². The van der Waals surface area contributed by atoms with Crippen LogP contribution >= 0.6 is 11.6 Å². The summed E-state index contributed by atoms with van der Waals surface area (Å²) in [5.74, 6) is -0.995. The van der Waals surface area contributed by atoms with Gasteiger partial charge in [-0.05, 0) is 37.5 Å². The number of halogens is 1. The molecule has 2 atom stereocenters. The summed E-state index contributed by atoms with van der Waals surface area (Å²) in [6.07, 6.45) is 2.14. The van der Waals surface area contributed by atoms with E-state index in [0.29, 0.717) is 23.4 Å². The van der Waals surface area contributed by atoms with E-state index in [-0.39, 0.29) is 12.0 Å². The summed E-state index contributed by atoms with van der Waals surface area (Å²) in [6, 6.07) is 7.21. The third-order valence-electron chi connectivity index (χ3n) is 3.24. The predicted molar refractivity (Wildman–Crippen MR) is 68.6 cm³/mol. The van der Waals surface area contributed by atoms with Gasteiger partial charge in [0.05, 0.1) is 28.3 Å². The molecule has 2 unspecified atom stereocenters. The lowest BCUT2D eigenvalue weighted by atomic mass is 10.1. The van der Waals surface area contributed by atoms with Crippen molar-refractivity contribution in [1.82, 2.24) is 0 Å². The minimum absolute atomic E-state index is 0.136. The number of carboxylic acids is 1. The number of rotatable bonds is 3. The lowest BCUT2D eigenvalue weighted by molar-refractivity contribution is -0.141. The topological polar surface area (TPSA) is 73.1 Å². The average Bonchev–Trinajstić information content (AvgIpc) is 2.80. The fourth-order valence-electron chi connectivity index (χ4n) is 2.26. The standard InChI is InChI=1S/C13H13ClN2O2/c14-11-5-8(7-15)1-4-12(11)16-10-3-2-9(6-10)13(17)18/h1,4-5,9-10,16H,2-3,6H2,(H,17,18). The van der Waals surface area contributed by atoms with Crippen LogP contribution < -0.4 is 5.32 Å². The Labute approximate surface area is 110 Å². The van der Waals surface area contributed by atoms with Crippen molar-refractivity contribution in [2.24, 2.45) is 5.92 Å². The molecular formula is C13H13ClN2O2. The van der Waals surface area contributed by atoms with Crippen LogP contribution in [0.25, 0.3) is 0 Å². The van der Waals surface area contributed by atoms with Gasteiger partial charge in [0, 0.05) is 6.04 Å². The SMILES string of the molecule is N#Cc1ccc(NC2CCC(C(=O)O)C2)c(Cl)c1. The summed E-state index contributed by atoms with van der Waals surface area (Å²) in [5, 5.41) is 21.4. The van der Waals surface area contributed by atoms with E-state index in [0.717, 1.165) is 12.1 Å². The van der Waals surface area contributed by atoms with Crippen LogP contribution in [0.4, 0.5) is 5.69 Å². The van der Waals surface area contributed by atoms with Gasteiger partial charge in [-0.15, -0.1) is 0 Å². The summed E-state index contributed by atoms with van der Waals surface area (Å²) in [6.45, 7) is 0. The highest BCUT2D eigenvalue weighted by Gasteiger charge is 2.29. The van der Waals surface area contributed by atoms with Gasteiger partial charge in [0.2, 0.25) is 0 Å². The summed E-state index contributed by atoms with van der Waals surface area (Å²) < 4.78 is 0. The number of carboxylic acid groups (broad SMARTS) is 1. The third-order valence-corrected chi connectivity index (χ3v) is 3.55. The zero-order valence-corrected chi connectivity index (χ0v) is 10.4. The van der Waals surface area contributed by atoms with Gasteiger partial charge in [-0.1, -0.05) is 11.6 Å². The highest BCUT2D eigenvalue weighted by molar-refractivity contribution is 6.33. The third kappa shape index (κ3) is 2.74. The molecule has 0 spiro atoms. The molecule has 2 rings (SSSR count). The number of carbonyl (C=O) groups is 1. The van der Waals surface area contributed by atoms with Crippen LogP contribution in [0, 0.1) is 17.2 Å². The van der Waals surface area contributed by atoms with Crippen molar-refractivity contribution in [1.29, 1.82) is 5.26 Å². The van der Waals surface area contributed by atoms with E-state index in [9.17, 15) is 4.79 Å². The molecule has 4 nitrogen and oxygen atoms in total. The zero-order chi connectivity index (χ0) is 13.1. The Morgan fingerprint density at radius 3 is 2.83 bits per heavy atom. The van der Waals surface area contributed by atoms with Gasteiger partial charge >= 0.3 is 5.97 Å². The first-order chi connectivity index (χ1) is 8.60. The van der Waals surface area contributed by atoms with Crippen LogP contribution in [0.5, 0.6) is 0 Å². The van der Waals surface area contributed by atoms with E-state index in [1.54, 1.807) is 18.2 Å². The van der Waals surface area contributed by atoms with E-state index < -0.39 is 5.97 Å². The van der Waals surface area contributed by atoms with Gasteiger partial charge < -0.3 is 10.4 Å². The molecule has 0 saturated heterocycles. The Bertz CT molecular complexity index is 510. The second kappa shape index (κ2) is 5.28. The highest BCUT2D eigenvalue weighted by Crippen LogP contribution is 2.31. The Balaban J connectivity index is 2.03. The minimum Gasteiger partial charge on any atom is -0.481 e. The van der Waals surface area contributed by atoms with E-state index in [2.05, 4.69) is 5.32 Å². The van der Waals surface area contributed by atoms with Crippen LogP contribution in [-0.2, 0) is 4.79 Å². The molecule has 0 bridgehead atoms. The molecule has 0 heterocycles. The number of nitrogens with one attached hydrogen (secondary N) is 1. The second-order valence-electron chi connectivity index (χ2n) is 4.50. The number of aliphatic carboxylic acids is 1. The number of nitriles is 1. The Morgan fingerprint density at radius 2 is 2.28 bits per heavy atom. The van der Waals surface area contributed by atoms with Crippen molar-refractivity contribution in [3.05, 3.63) is 28.8 Å². The molecule has 18 heavy (non-hydrogen) atoms. The van der Waals surface area contributed by atoms with Gasteiger partial charge in [-0.3, -0.25) is 4.79 Å². The molecule has 1 fully saturated rings. The average molecular weight is 265 g/mol. The van der Waals surface area contributed by atoms with Gasteiger partial charge in [0.1, 0.15) is 0 Å². The Kier molecular flexibility index (Phi) is 3.73. The molecule has 0 aromatic heterocycles. The molecule has 94 valence electrons. The summed E-state index contributed by atoms with van der Waals surface area (Å²) in [4.78, 5) is 10.9. The molecule has 1 aliphatic carbocycles. The monoisotopic (exact) mass is 264 g/mol. The first kappa shape index (κ1) is 12.7. The molecule has 0 aliphatic heterocycles. The van der Waals surface area contributed by atoms with E-state index in [1.807, 2.05) is 6.07 Å². The molecule has 5 heteroatoms. The fraction of sp³-hybridized carbons (Fsp3) is 0.385. The number of anilines is 1. The molecule has 0 radical (unpaired) electrons. The number of benzene rings is 1. The molecule has 1 aromatic carbocycles. The van der Waals surface area contributed by atoms with Gasteiger partial charge in [-0.25, -0.2) is 0 Å². The molecule has 1 aliphatic rings. The summed E-state index contributed by atoms with van der Waals surface area (Å²) in [7, 11) is 0. The van der Waals surface area contributed by atoms with Crippen LogP contribution in [0.2, 0.25) is 5.02 Å². The first-order valence-electron chi connectivity index (χ1n) is 5.79. The number of nitrogens with zero attached hydrogens (tertiary/aromatic N) is 1. The smallest absolute Gasteiger partial charge is 0.306 e. The maximum atomic E-state index is 10.9. The number of hydrogen-bond donors (Lipinski definition) is 2. The molecule has 0 amide bonds. The van der Waals surface area contributed by atoms with Crippen molar-refractivity contribution in [3.63, 3.8) is 0 Å². The lowest BCUT2D eigenvalue weighted by Crippen LogP contribution is -2.18. The quantitative estimate of drug-likeness (QED) is 0.880. The van der Waals surface area contributed by atoms with E-state index in [1.165, 1.54) is 0 Å². The lowest BCUT2D eigenvalue weighted by Gasteiger charge is -2.15. The summed E-state index contributed by atoms with van der Waals surface area (Å²) >= 11 is 6.06. The van der Waals surface area contributed by atoms with Crippen molar-refractivity contribution >= 4 is 23.3 Å². The molecule has 2 N–H and O–H groups in total. The number of hydrogen-bond acceptors (Lipinski definition) is 3. The highest BCUT2D eigenvalue weighted by atomic mass is 35.5. The first-order valence-corrected chi connectivity index (χ1v) is 6.17. The predicted octanol–water partition coefficient (Wildman–Crippen LogP) is 2.88. The fourth-order valence-corrected chi connectivity index (χ4v) is 2.49. The van der Waals surface area contributed by atoms with Crippen LogP contribution in [0.1, 0.15) is 24.8 Å². The zero-order valence-electron chi connectivity index (χ0n) is 9.69. The van der Waals surface area contributed by atoms with Crippen molar-refractivity contribution in [3.8, 4) is 6.07 Å². The minimum atomic E-state index is -0.731. The van der Waals surface area contributed by atoms with Crippen LogP contribution in [0.15, 0.2) is 18.2 Å². The summed E-state index contributed by atoms with van der Waals surface area (Å²) in [5.41, 5.74) is 1.27. The molecule has 1 saturated carbocycles. The Morgan fingerprint density at radius 1 is 1.50 bits per heavy atom. The maximum absolute atomic E-state index is 10.9. The van der Waals surface area contributed by atoms with Crippen molar-refractivity contribution in [2.75, 3.05) is 5.32 Å².